The van der Waals surface area contributed by atoms with E-state index >= 15 is 0 Å². The number of esters is 1. The number of nitrogens with zero attached hydrogens (tertiary/aromatic N) is 1. The lowest BCUT2D eigenvalue weighted by molar-refractivity contribution is -0.153. The summed E-state index contributed by atoms with van der Waals surface area (Å²) in [6, 6.07) is 11.4. The molecule has 2 unspecified atom stereocenters. The SMILES string of the molecule is CCC(O)(C(=O)N1CCC2(C1)OC(=O)c1ccccc12)c1ccc(Br)cc1F. The van der Waals surface area contributed by atoms with Crippen LogP contribution in [0.5, 0.6) is 0 Å². The molecule has 1 amide bonds. The lowest BCUT2D eigenvalue weighted by atomic mass is 9.88. The molecule has 4 rings (SSSR count). The topological polar surface area (TPSA) is 66.8 Å². The Morgan fingerprint density at radius 3 is 2.82 bits per heavy atom. The first-order valence-corrected chi connectivity index (χ1v) is 9.90. The molecule has 1 saturated heterocycles. The monoisotopic (exact) mass is 447 g/mol. The maximum atomic E-state index is 14.5. The molecule has 1 fully saturated rings. The van der Waals surface area contributed by atoms with Crippen LogP contribution in [0.15, 0.2) is 46.9 Å². The lowest BCUT2D eigenvalue weighted by Crippen LogP contribution is -2.47. The van der Waals surface area contributed by atoms with Crippen molar-refractivity contribution in [3.63, 3.8) is 0 Å². The Balaban J connectivity index is 1.65. The number of rotatable bonds is 3. The van der Waals surface area contributed by atoms with Crippen LogP contribution in [-0.4, -0.2) is 35.0 Å². The van der Waals surface area contributed by atoms with E-state index in [1.807, 2.05) is 12.1 Å². The first-order valence-electron chi connectivity index (χ1n) is 9.11. The zero-order valence-electron chi connectivity index (χ0n) is 15.2. The number of hydrogen-bond donors (Lipinski definition) is 1. The van der Waals surface area contributed by atoms with Gasteiger partial charge in [0.15, 0.2) is 11.2 Å². The quantitative estimate of drug-likeness (QED) is 0.731. The number of fused-ring (bicyclic) bond motifs is 2. The van der Waals surface area contributed by atoms with E-state index in [2.05, 4.69) is 15.9 Å². The van der Waals surface area contributed by atoms with Crippen molar-refractivity contribution in [1.29, 1.82) is 0 Å². The van der Waals surface area contributed by atoms with Gasteiger partial charge in [0.25, 0.3) is 5.91 Å². The van der Waals surface area contributed by atoms with Gasteiger partial charge in [0.1, 0.15) is 5.82 Å². The van der Waals surface area contributed by atoms with E-state index in [0.717, 1.165) is 5.56 Å². The van der Waals surface area contributed by atoms with Gasteiger partial charge < -0.3 is 14.7 Å². The van der Waals surface area contributed by atoms with E-state index in [4.69, 9.17) is 4.74 Å². The van der Waals surface area contributed by atoms with E-state index in [9.17, 15) is 19.1 Å². The molecule has 0 aliphatic carbocycles. The second-order valence-corrected chi connectivity index (χ2v) is 8.16. The second-order valence-electron chi connectivity index (χ2n) is 7.24. The average molecular weight is 448 g/mol. The molecule has 0 radical (unpaired) electrons. The summed E-state index contributed by atoms with van der Waals surface area (Å²) in [6.07, 6.45) is 0.453. The van der Waals surface area contributed by atoms with Gasteiger partial charge in [0.05, 0.1) is 12.1 Å². The number of amides is 1. The number of halogens is 2. The normalized spacial score (nSPS) is 22.9. The van der Waals surface area contributed by atoms with Gasteiger partial charge in [-0.3, -0.25) is 4.79 Å². The molecular formula is C21H19BrFNO4. The Kier molecular flexibility index (Phi) is 4.55. The van der Waals surface area contributed by atoms with Crippen molar-refractivity contribution in [3.8, 4) is 0 Å². The summed E-state index contributed by atoms with van der Waals surface area (Å²) in [5, 5.41) is 11.1. The van der Waals surface area contributed by atoms with Gasteiger partial charge in [0, 0.05) is 28.6 Å². The van der Waals surface area contributed by atoms with E-state index in [1.165, 1.54) is 17.0 Å². The van der Waals surface area contributed by atoms with E-state index < -0.39 is 28.9 Å². The minimum atomic E-state index is -1.99. The molecule has 2 heterocycles. The molecule has 7 heteroatoms. The summed E-state index contributed by atoms with van der Waals surface area (Å²) in [4.78, 5) is 26.9. The molecule has 2 aromatic rings. The fourth-order valence-electron chi connectivity index (χ4n) is 4.15. The van der Waals surface area contributed by atoms with Crippen molar-refractivity contribution < 1.29 is 23.8 Å². The number of hydrogen-bond acceptors (Lipinski definition) is 4. The highest BCUT2D eigenvalue weighted by Crippen LogP contribution is 2.44. The van der Waals surface area contributed by atoms with Gasteiger partial charge in [-0.1, -0.05) is 47.1 Å². The van der Waals surface area contributed by atoms with Gasteiger partial charge in [-0.2, -0.15) is 0 Å². The van der Waals surface area contributed by atoms with Crippen molar-refractivity contribution in [1.82, 2.24) is 4.90 Å². The van der Waals surface area contributed by atoms with Crippen molar-refractivity contribution in [2.24, 2.45) is 0 Å². The first-order chi connectivity index (χ1) is 13.3. The fourth-order valence-corrected chi connectivity index (χ4v) is 4.48. The third kappa shape index (κ3) is 2.76. The average Bonchev–Trinajstić information content (AvgIpc) is 3.23. The van der Waals surface area contributed by atoms with Crippen LogP contribution in [0.3, 0.4) is 0 Å². The van der Waals surface area contributed by atoms with Gasteiger partial charge in [-0.15, -0.1) is 0 Å². The summed E-state index contributed by atoms with van der Waals surface area (Å²) in [5.74, 6) is -1.65. The lowest BCUT2D eigenvalue weighted by Gasteiger charge is -2.32. The molecule has 28 heavy (non-hydrogen) atoms. The third-order valence-electron chi connectivity index (χ3n) is 5.69. The summed E-state index contributed by atoms with van der Waals surface area (Å²) in [7, 11) is 0. The van der Waals surface area contributed by atoms with Gasteiger partial charge in [0.2, 0.25) is 0 Å². The number of carbonyl (C=O) groups is 2. The van der Waals surface area contributed by atoms with Crippen LogP contribution in [-0.2, 0) is 20.7 Å². The molecule has 2 aliphatic rings. The molecule has 0 saturated carbocycles. The summed E-state index contributed by atoms with van der Waals surface area (Å²) < 4.78 is 20.7. The van der Waals surface area contributed by atoms with Crippen LogP contribution in [0.25, 0.3) is 0 Å². The Hall–Kier alpha value is -2.25. The fraction of sp³-hybridized carbons (Fsp3) is 0.333. The smallest absolute Gasteiger partial charge is 0.339 e. The number of benzene rings is 2. The Bertz CT molecular complexity index is 981. The first kappa shape index (κ1) is 19.1. The molecule has 0 bridgehead atoms. The zero-order chi connectivity index (χ0) is 20.1. The molecule has 146 valence electrons. The number of carbonyl (C=O) groups excluding carboxylic acids is 2. The third-order valence-corrected chi connectivity index (χ3v) is 6.18. The molecule has 0 aromatic heterocycles. The standard InChI is InChI=1S/C21H19BrFNO4/c1-2-21(27,16-8-7-13(22)11-17(16)23)19(26)24-10-9-20(12-24)15-6-4-3-5-14(15)18(25)28-20/h3-8,11,27H,2,9-10,12H2,1H3. The van der Waals surface area contributed by atoms with Crippen LogP contribution < -0.4 is 0 Å². The van der Waals surface area contributed by atoms with Crippen LogP contribution >= 0.6 is 15.9 Å². The highest BCUT2D eigenvalue weighted by Gasteiger charge is 2.53. The largest absolute Gasteiger partial charge is 0.449 e. The molecule has 1 N–H and O–H groups in total. The summed E-state index contributed by atoms with van der Waals surface area (Å²) in [6.45, 7) is 2.08. The maximum absolute atomic E-state index is 14.5. The van der Waals surface area contributed by atoms with Gasteiger partial charge in [-0.25, -0.2) is 9.18 Å². The van der Waals surface area contributed by atoms with E-state index in [0.29, 0.717) is 23.0 Å². The van der Waals surface area contributed by atoms with Crippen LogP contribution in [0.2, 0.25) is 0 Å². The molecule has 5 nitrogen and oxygen atoms in total. The van der Waals surface area contributed by atoms with Gasteiger partial charge >= 0.3 is 5.97 Å². The molecule has 2 aliphatic heterocycles. The summed E-state index contributed by atoms with van der Waals surface area (Å²) in [5.41, 5.74) is -1.70. The Morgan fingerprint density at radius 1 is 1.36 bits per heavy atom. The summed E-state index contributed by atoms with van der Waals surface area (Å²) >= 11 is 3.18. The van der Waals surface area contributed by atoms with Crippen molar-refractivity contribution in [2.45, 2.75) is 31.0 Å². The predicted octanol–water partition coefficient (Wildman–Crippen LogP) is 3.48. The minimum Gasteiger partial charge on any atom is -0.449 e. The predicted molar refractivity (Wildman–Crippen MR) is 103 cm³/mol. The molecule has 2 aromatic carbocycles. The second kappa shape index (κ2) is 6.67. The van der Waals surface area contributed by atoms with Crippen LogP contribution in [0.4, 0.5) is 4.39 Å². The van der Waals surface area contributed by atoms with E-state index in [-0.39, 0.29) is 18.5 Å². The number of aliphatic hydroxyl groups is 1. The number of likely N-dealkylation sites (tertiary alicyclic amines) is 1. The van der Waals surface area contributed by atoms with Crippen molar-refractivity contribution >= 4 is 27.8 Å². The Morgan fingerprint density at radius 2 is 2.11 bits per heavy atom. The van der Waals surface area contributed by atoms with Crippen molar-refractivity contribution in [3.05, 3.63) is 69.4 Å². The van der Waals surface area contributed by atoms with Crippen molar-refractivity contribution in [2.75, 3.05) is 13.1 Å². The molecular weight excluding hydrogens is 429 g/mol. The molecule has 2 atom stereocenters. The van der Waals surface area contributed by atoms with Gasteiger partial charge in [-0.05, 0) is 24.6 Å². The number of ether oxygens (including phenoxy) is 1. The molecule has 1 spiro atoms. The Labute approximate surface area is 170 Å². The highest BCUT2D eigenvalue weighted by molar-refractivity contribution is 9.10. The van der Waals surface area contributed by atoms with E-state index in [1.54, 1.807) is 25.1 Å². The highest BCUT2D eigenvalue weighted by atomic mass is 79.9. The van der Waals surface area contributed by atoms with Crippen LogP contribution in [0.1, 0.15) is 41.3 Å². The maximum Gasteiger partial charge on any atom is 0.339 e. The van der Waals surface area contributed by atoms with Crippen LogP contribution in [0, 0.1) is 5.82 Å². The zero-order valence-corrected chi connectivity index (χ0v) is 16.8. The minimum absolute atomic E-state index is 0.0181.